The van der Waals surface area contributed by atoms with Gasteiger partial charge in [0, 0.05) is 0 Å². The van der Waals surface area contributed by atoms with Crippen molar-refractivity contribution >= 4 is 10.0 Å². The molecule has 0 aromatic heterocycles. The number of fused-ring (bicyclic) bond motifs is 1. The Morgan fingerprint density at radius 3 is 2.67 bits per heavy atom. The van der Waals surface area contributed by atoms with E-state index in [-0.39, 0.29) is 17.5 Å². The Balaban J connectivity index is 1.80. The molecule has 5 nitrogen and oxygen atoms in total. The molecule has 0 saturated heterocycles. The lowest BCUT2D eigenvalue weighted by atomic mass is 10.0. The molecule has 128 valence electrons. The van der Waals surface area contributed by atoms with Crippen molar-refractivity contribution in [3.8, 4) is 11.5 Å². The Labute approximate surface area is 142 Å². The molecular weight excluding hydrogens is 326 g/mol. The van der Waals surface area contributed by atoms with Crippen LogP contribution < -0.4 is 14.2 Å². The zero-order chi connectivity index (χ0) is 17.3. The van der Waals surface area contributed by atoms with Crippen LogP contribution in [0.5, 0.6) is 11.5 Å². The van der Waals surface area contributed by atoms with Crippen LogP contribution in [0.1, 0.15) is 16.7 Å². The molecule has 0 spiro atoms. The fourth-order valence-corrected chi connectivity index (χ4v) is 4.10. The van der Waals surface area contributed by atoms with Crippen molar-refractivity contribution < 1.29 is 17.9 Å². The second kappa shape index (κ2) is 6.45. The van der Waals surface area contributed by atoms with Gasteiger partial charge in [0.2, 0.25) is 10.0 Å². The summed E-state index contributed by atoms with van der Waals surface area (Å²) in [5, 5.41) is 0. The van der Waals surface area contributed by atoms with Crippen molar-refractivity contribution in [1.29, 1.82) is 0 Å². The van der Waals surface area contributed by atoms with Crippen LogP contribution in [-0.4, -0.2) is 28.2 Å². The number of benzene rings is 2. The molecule has 0 unspecified atom stereocenters. The van der Waals surface area contributed by atoms with E-state index in [0.717, 1.165) is 16.7 Å². The fraction of sp³-hybridized carbons (Fsp3) is 0.333. The molecule has 2 aromatic carbocycles. The molecular formula is C18H21NO4S. The number of rotatable bonds is 4. The van der Waals surface area contributed by atoms with Gasteiger partial charge in [-0.1, -0.05) is 18.2 Å². The van der Waals surface area contributed by atoms with Gasteiger partial charge in [0.15, 0.2) is 11.5 Å². The Bertz CT molecular complexity index is 861. The standard InChI is InChI=1S/C18H21NO4S/c1-12-7-8-16(9-13(12)2)24(20,21)19-15-10-14-5-4-6-17(22-3)18(14)23-11-15/h4-9,15,19H,10-11H2,1-3H3/t15-/m1/s1. The number of ether oxygens (including phenoxy) is 2. The van der Waals surface area contributed by atoms with E-state index in [2.05, 4.69) is 4.72 Å². The maximum Gasteiger partial charge on any atom is 0.240 e. The summed E-state index contributed by atoms with van der Waals surface area (Å²) in [6.45, 7) is 4.14. The summed E-state index contributed by atoms with van der Waals surface area (Å²) in [7, 11) is -1.99. The minimum Gasteiger partial charge on any atom is -0.493 e. The number of para-hydroxylation sites is 1. The lowest BCUT2D eigenvalue weighted by molar-refractivity contribution is 0.240. The predicted molar refractivity (Wildman–Crippen MR) is 92.2 cm³/mol. The highest BCUT2D eigenvalue weighted by atomic mass is 32.2. The number of hydrogen-bond donors (Lipinski definition) is 1. The van der Waals surface area contributed by atoms with Crippen LogP contribution in [0.4, 0.5) is 0 Å². The van der Waals surface area contributed by atoms with Gasteiger partial charge in [0.05, 0.1) is 18.0 Å². The Kier molecular flexibility index (Phi) is 4.51. The highest BCUT2D eigenvalue weighted by Gasteiger charge is 2.27. The van der Waals surface area contributed by atoms with Gasteiger partial charge in [-0.25, -0.2) is 13.1 Å². The van der Waals surface area contributed by atoms with E-state index >= 15 is 0 Å². The highest BCUT2D eigenvalue weighted by Crippen LogP contribution is 2.34. The third kappa shape index (κ3) is 3.25. The molecule has 1 heterocycles. The van der Waals surface area contributed by atoms with Gasteiger partial charge in [-0.3, -0.25) is 0 Å². The predicted octanol–water partition coefficient (Wildman–Crippen LogP) is 2.59. The quantitative estimate of drug-likeness (QED) is 0.923. The fourth-order valence-electron chi connectivity index (χ4n) is 2.80. The lowest BCUT2D eigenvalue weighted by Gasteiger charge is -2.27. The van der Waals surface area contributed by atoms with Crippen LogP contribution in [0.3, 0.4) is 0 Å². The van der Waals surface area contributed by atoms with E-state index in [9.17, 15) is 8.42 Å². The number of sulfonamides is 1. The van der Waals surface area contributed by atoms with Crippen molar-refractivity contribution in [3.05, 3.63) is 53.1 Å². The molecule has 0 amide bonds. The molecule has 0 bridgehead atoms. The second-order valence-corrected chi connectivity index (χ2v) is 7.74. The van der Waals surface area contributed by atoms with Crippen LogP contribution in [0.2, 0.25) is 0 Å². The first-order valence-electron chi connectivity index (χ1n) is 7.79. The minimum absolute atomic E-state index is 0.275. The summed E-state index contributed by atoms with van der Waals surface area (Å²) in [6, 6.07) is 10.5. The van der Waals surface area contributed by atoms with E-state index in [1.54, 1.807) is 19.2 Å². The van der Waals surface area contributed by atoms with Crippen LogP contribution >= 0.6 is 0 Å². The topological polar surface area (TPSA) is 64.6 Å². The Morgan fingerprint density at radius 2 is 1.96 bits per heavy atom. The second-order valence-electron chi connectivity index (χ2n) is 6.03. The van der Waals surface area contributed by atoms with Gasteiger partial charge >= 0.3 is 0 Å². The SMILES string of the molecule is COc1cccc2c1OC[C@H](NS(=O)(=O)c1ccc(C)c(C)c1)C2. The van der Waals surface area contributed by atoms with E-state index in [4.69, 9.17) is 9.47 Å². The third-order valence-electron chi connectivity index (χ3n) is 4.29. The average Bonchev–Trinajstić information content (AvgIpc) is 2.56. The van der Waals surface area contributed by atoms with Crippen LogP contribution in [0, 0.1) is 13.8 Å². The van der Waals surface area contributed by atoms with E-state index in [1.807, 2.05) is 38.1 Å². The van der Waals surface area contributed by atoms with Gasteiger partial charge in [0.1, 0.15) is 6.61 Å². The molecule has 1 atom stereocenters. The molecule has 1 aliphatic rings. The smallest absolute Gasteiger partial charge is 0.240 e. The highest BCUT2D eigenvalue weighted by molar-refractivity contribution is 7.89. The van der Waals surface area contributed by atoms with Crippen molar-refractivity contribution in [2.75, 3.05) is 13.7 Å². The summed E-state index contributed by atoms with van der Waals surface area (Å²) >= 11 is 0. The summed E-state index contributed by atoms with van der Waals surface area (Å²) in [4.78, 5) is 0.280. The maximum atomic E-state index is 12.6. The summed E-state index contributed by atoms with van der Waals surface area (Å²) in [6.07, 6.45) is 0.566. The molecule has 6 heteroatoms. The molecule has 0 saturated carbocycles. The van der Waals surface area contributed by atoms with Crippen LogP contribution in [0.25, 0.3) is 0 Å². The Morgan fingerprint density at radius 1 is 1.17 bits per heavy atom. The Hall–Kier alpha value is -2.05. The van der Waals surface area contributed by atoms with Crippen molar-refractivity contribution in [1.82, 2.24) is 4.72 Å². The first-order chi connectivity index (χ1) is 11.4. The zero-order valence-corrected chi connectivity index (χ0v) is 14.8. The first-order valence-corrected chi connectivity index (χ1v) is 9.27. The zero-order valence-electron chi connectivity index (χ0n) is 14.0. The van der Waals surface area contributed by atoms with Crippen molar-refractivity contribution in [2.45, 2.75) is 31.2 Å². The van der Waals surface area contributed by atoms with E-state index in [1.165, 1.54) is 0 Å². The van der Waals surface area contributed by atoms with Gasteiger partial charge in [-0.05, 0) is 55.2 Å². The lowest BCUT2D eigenvalue weighted by Crippen LogP contribution is -2.42. The molecule has 0 fully saturated rings. The van der Waals surface area contributed by atoms with Gasteiger partial charge in [-0.15, -0.1) is 0 Å². The first kappa shape index (κ1) is 16.8. The minimum atomic E-state index is -3.58. The van der Waals surface area contributed by atoms with E-state index < -0.39 is 10.0 Å². The maximum absolute atomic E-state index is 12.6. The molecule has 24 heavy (non-hydrogen) atoms. The molecule has 1 N–H and O–H groups in total. The largest absolute Gasteiger partial charge is 0.493 e. The number of hydrogen-bond acceptors (Lipinski definition) is 4. The molecule has 1 aliphatic heterocycles. The van der Waals surface area contributed by atoms with Gasteiger partial charge in [0.25, 0.3) is 0 Å². The van der Waals surface area contributed by atoms with Crippen LogP contribution in [-0.2, 0) is 16.4 Å². The average molecular weight is 347 g/mol. The summed E-state index contributed by atoms with van der Waals surface area (Å²) in [5.41, 5.74) is 2.96. The molecule has 0 radical (unpaired) electrons. The van der Waals surface area contributed by atoms with Crippen molar-refractivity contribution in [2.24, 2.45) is 0 Å². The summed E-state index contributed by atoms with van der Waals surface area (Å²) in [5.74, 6) is 1.37. The normalized spacial score (nSPS) is 17.0. The van der Waals surface area contributed by atoms with Crippen LogP contribution in [0.15, 0.2) is 41.3 Å². The molecule has 2 aromatic rings. The molecule has 3 rings (SSSR count). The van der Waals surface area contributed by atoms with Gasteiger partial charge < -0.3 is 9.47 Å². The summed E-state index contributed by atoms with van der Waals surface area (Å²) < 4.78 is 39.0. The number of methoxy groups -OCH3 is 1. The number of nitrogens with one attached hydrogen (secondary N) is 1. The number of aryl methyl sites for hydroxylation is 2. The van der Waals surface area contributed by atoms with Gasteiger partial charge in [-0.2, -0.15) is 0 Å². The van der Waals surface area contributed by atoms with Crippen molar-refractivity contribution in [3.63, 3.8) is 0 Å². The third-order valence-corrected chi connectivity index (χ3v) is 5.80. The van der Waals surface area contributed by atoms with E-state index in [0.29, 0.717) is 17.9 Å². The molecule has 0 aliphatic carbocycles. The monoisotopic (exact) mass is 347 g/mol.